The molecule has 1 saturated heterocycles. The molecule has 4 heterocycles. The van der Waals surface area contributed by atoms with Crippen molar-refractivity contribution in [1.29, 1.82) is 0 Å². The molecule has 164 valence electrons. The monoisotopic (exact) mass is 423 g/mol. The van der Waals surface area contributed by atoms with E-state index in [1.165, 1.54) is 5.06 Å². The maximum atomic E-state index is 6.53. The van der Waals surface area contributed by atoms with Crippen LogP contribution < -0.4 is 16.2 Å². The van der Waals surface area contributed by atoms with Crippen LogP contribution in [-0.4, -0.2) is 41.4 Å². The van der Waals surface area contributed by atoms with Gasteiger partial charge < -0.3 is 20.9 Å². The Kier molecular flexibility index (Phi) is 4.60. The maximum Gasteiger partial charge on any atom is 0.221 e. The number of guanidine groups is 1. The highest BCUT2D eigenvalue weighted by Gasteiger charge is 2.51. The van der Waals surface area contributed by atoms with Crippen LogP contribution in [-0.2, 0) is 15.3 Å². The second kappa shape index (κ2) is 7.10. The number of nitrogens with zero attached hydrogens (tertiary/aromatic N) is 3. The number of anilines is 1. The molecule has 0 amide bonds. The van der Waals surface area contributed by atoms with E-state index in [1.807, 2.05) is 30.3 Å². The predicted octanol–water partition coefficient (Wildman–Crippen LogP) is 3.03. The van der Waals surface area contributed by atoms with Crippen molar-refractivity contribution in [2.75, 3.05) is 19.4 Å². The van der Waals surface area contributed by atoms with Crippen LogP contribution >= 0.6 is 0 Å². The van der Waals surface area contributed by atoms with E-state index >= 15 is 0 Å². The molecule has 0 radical (unpaired) electrons. The zero-order valence-corrected chi connectivity index (χ0v) is 18.2. The van der Waals surface area contributed by atoms with Gasteiger partial charge >= 0.3 is 0 Å². The molecule has 31 heavy (non-hydrogen) atoms. The highest BCUT2D eigenvalue weighted by Crippen LogP contribution is 2.49. The molecular weight excluding hydrogens is 394 g/mol. The maximum absolute atomic E-state index is 6.53. The molecule has 0 aliphatic carbocycles. The lowest BCUT2D eigenvalue weighted by atomic mass is 9.79. The number of nitrogen functional groups attached to an aromatic ring is 1. The average molecular weight is 424 g/mol. The number of fused-ring (bicyclic) bond motifs is 2. The summed E-state index contributed by atoms with van der Waals surface area (Å²) in [6.07, 6.45) is 2.40. The largest absolute Gasteiger partial charge is 0.489 e. The molecule has 3 aliphatic rings. The number of pyridine rings is 1. The van der Waals surface area contributed by atoms with Crippen LogP contribution in [0.5, 0.6) is 5.75 Å². The van der Waals surface area contributed by atoms with Gasteiger partial charge in [-0.2, -0.15) is 0 Å². The second-order valence-corrected chi connectivity index (χ2v) is 9.22. The van der Waals surface area contributed by atoms with Gasteiger partial charge in [-0.15, -0.1) is 0 Å². The smallest absolute Gasteiger partial charge is 0.221 e. The quantitative estimate of drug-likeness (QED) is 0.764. The van der Waals surface area contributed by atoms with E-state index in [0.29, 0.717) is 24.1 Å². The van der Waals surface area contributed by atoms with Crippen LogP contribution in [0.3, 0.4) is 0 Å². The summed E-state index contributed by atoms with van der Waals surface area (Å²) in [5.41, 5.74) is 13.5. The van der Waals surface area contributed by atoms with Crippen molar-refractivity contribution in [3.05, 3.63) is 42.0 Å². The number of hydroxylamine groups is 2. The Labute approximate surface area is 182 Å². The fourth-order valence-corrected chi connectivity index (χ4v) is 4.90. The Morgan fingerprint density at radius 2 is 1.97 bits per heavy atom. The van der Waals surface area contributed by atoms with Crippen LogP contribution in [0.25, 0.3) is 11.3 Å². The fourth-order valence-electron chi connectivity index (χ4n) is 4.90. The van der Waals surface area contributed by atoms with Gasteiger partial charge in [0.2, 0.25) is 11.7 Å². The van der Waals surface area contributed by atoms with Gasteiger partial charge in [0.15, 0.2) is 0 Å². The molecule has 2 aromatic rings. The molecule has 4 N–H and O–H groups in total. The second-order valence-electron chi connectivity index (χ2n) is 9.22. The summed E-state index contributed by atoms with van der Waals surface area (Å²) in [4.78, 5) is 15.5. The Balaban J connectivity index is 1.56. The topological polar surface area (TPSA) is 108 Å². The summed E-state index contributed by atoms with van der Waals surface area (Å²) >= 11 is 0. The molecule has 5 rings (SSSR count). The molecule has 8 nitrogen and oxygen atoms in total. The van der Waals surface area contributed by atoms with E-state index in [4.69, 9.17) is 30.8 Å². The lowest BCUT2D eigenvalue weighted by Gasteiger charge is -2.44. The Hall–Kier alpha value is -2.84. The predicted molar refractivity (Wildman–Crippen MR) is 118 cm³/mol. The average Bonchev–Trinajstić information content (AvgIpc) is 3.00. The standard InChI is InChI=1S/C23H29N5O3/c1-22(2)12-15(9-10-29-22)19-13-23(27-21(25)28(3)31-23)16-11-14(7-8-18(16)30-19)17-5-4-6-20(24)26-17/h4-8,11,15,19H,9-10,12-13H2,1-3H3,(H2,24,26)(H2,25,27). The van der Waals surface area contributed by atoms with E-state index in [-0.39, 0.29) is 11.7 Å². The van der Waals surface area contributed by atoms with Crippen molar-refractivity contribution >= 4 is 11.8 Å². The summed E-state index contributed by atoms with van der Waals surface area (Å²) in [5, 5.41) is 1.53. The summed E-state index contributed by atoms with van der Waals surface area (Å²) in [6, 6.07) is 11.6. The van der Waals surface area contributed by atoms with Crippen LogP contribution in [0.15, 0.2) is 41.4 Å². The minimum absolute atomic E-state index is 0.0462. The normalized spacial score (nSPS) is 29.4. The number of rotatable bonds is 2. The molecule has 1 spiro atoms. The summed E-state index contributed by atoms with van der Waals surface area (Å²) in [7, 11) is 1.78. The van der Waals surface area contributed by atoms with Gasteiger partial charge in [-0.05, 0) is 57.0 Å². The SMILES string of the molecule is CN1OC2(CC(C3CCOC(C)(C)C3)Oc3ccc(-c4cccc(N)n4)cc32)N=C1N. The number of aliphatic imine (C=N–C) groups is 1. The summed E-state index contributed by atoms with van der Waals surface area (Å²) in [5.74, 6) is 1.93. The van der Waals surface area contributed by atoms with E-state index in [2.05, 4.69) is 18.8 Å². The summed E-state index contributed by atoms with van der Waals surface area (Å²) < 4.78 is 12.4. The van der Waals surface area contributed by atoms with E-state index in [1.54, 1.807) is 13.1 Å². The fraction of sp³-hybridized carbons (Fsp3) is 0.478. The molecule has 1 aromatic carbocycles. The molecule has 3 unspecified atom stereocenters. The molecular formula is C23H29N5O3. The number of benzene rings is 1. The molecule has 1 fully saturated rings. The zero-order valence-electron chi connectivity index (χ0n) is 18.2. The van der Waals surface area contributed by atoms with Crippen molar-refractivity contribution in [3.8, 4) is 17.0 Å². The molecule has 8 heteroatoms. The molecule has 3 aliphatic heterocycles. The third-order valence-corrected chi connectivity index (χ3v) is 6.39. The first-order valence-corrected chi connectivity index (χ1v) is 10.7. The number of hydrogen-bond donors (Lipinski definition) is 2. The van der Waals surface area contributed by atoms with Gasteiger partial charge in [0.1, 0.15) is 17.7 Å². The lowest BCUT2D eigenvalue weighted by Crippen LogP contribution is -2.46. The Bertz CT molecular complexity index is 1040. The first-order chi connectivity index (χ1) is 14.7. The van der Waals surface area contributed by atoms with Gasteiger partial charge in [-0.1, -0.05) is 6.07 Å². The first-order valence-electron chi connectivity index (χ1n) is 10.7. The molecule has 3 atom stereocenters. The van der Waals surface area contributed by atoms with E-state index < -0.39 is 5.72 Å². The van der Waals surface area contributed by atoms with Gasteiger partial charge in [0.25, 0.3) is 0 Å². The van der Waals surface area contributed by atoms with Crippen molar-refractivity contribution in [3.63, 3.8) is 0 Å². The molecule has 1 aromatic heterocycles. The van der Waals surface area contributed by atoms with Crippen molar-refractivity contribution in [2.24, 2.45) is 16.6 Å². The highest BCUT2D eigenvalue weighted by molar-refractivity contribution is 5.79. The third-order valence-electron chi connectivity index (χ3n) is 6.39. The number of aromatic nitrogens is 1. The lowest BCUT2D eigenvalue weighted by molar-refractivity contribution is -0.198. The zero-order chi connectivity index (χ0) is 21.8. The van der Waals surface area contributed by atoms with Gasteiger partial charge in [-0.25, -0.2) is 19.9 Å². The van der Waals surface area contributed by atoms with Crippen LogP contribution in [0.1, 0.15) is 38.7 Å². The van der Waals surface area contributed by atoms with E-state index in [0.717, 1.165) is 42.0 Å². The molecule has 0 saturated carbocycles. The van der Waals surface area contributed by atoms with Crippen molar-refractivity contribution in [1.82, 2.24) is 10.0 Å². The minimum atomic E-state index is -0.921. The highest BCUT2D eigenvalue weighted by atomic mass is 16.7. The van der Waals surface area contributed by atoms with Crippen LogP contribution in [0.4, 0.5) is 5.82 Å². The Morgan fingerprint density at radius 1 is 1.13 bits per heavy atom. The van der Waals surface area contributed by atoms with E-state index in [9.17, 15) is 0 Å². The van der Waals surface area contributed by atoms with Crippen molar-refractivity contribution < 1.29 is 14.3 Å². The number of hydrogen-bond acceptors (Lipinski definition) is 8. The van der Waals surface area contributed by atoms with Crippen LogP contribution in [0, 0.1) is 5.92 Å². The number of nitrogens with two attached hydrogens (primary N) is 2. The van der Waals surface area contributed by atoms with Crippen molar-refractivity contribution in [2.45, 2.75) is 50.5 Å². The van der Waals surface area contributed by atoms with Gasteiger partial charge in [0, 0.05) is 31.6 Å². The van der Waals surface area contributed by atoms with Gasteiger partial charge in [-0.3, -0.25) is 0 Å². The minimum Gasteiger partial charge on any atom is -0.489 e. The molecule has 0 bridgehead atoms. The number of ether oxygens (including phenoxy) is 2. The van der Waals surface area contributed by atoms with Gasteiger partial charge in [0.05, 0.1) is 16.9 Å². The first kappa shape index (κ1) is 20.1. The third kappa shape index (κ3) is 3.59. The Morgan fingerprint density at radius 3 is 2.68 bits per heavy atom. The summed E-state index contributed by atoms with van der Waals surface area (Å²) in [6.45, 7) is 4.99. The van der Waals surface area contributed by atoms with Crippen LogP contribution in [0.2, 0.25) is 0 Å².